The Labute approximate surface area is 116 Å². The monoisotopic (exact) mass is 263 g/mol. The minimum absolute atomic E-state index is 0.162. The summed E-state index contributed by atoms with van der Waals surface area (Å²) in [5.74, 6) is 0.946. The van der Waals surface area contributed by atoms with Crippen molar-refractivity contribution in [1.29, 1.82) is 0 Å². The summed E-state index contributed by atoms with van der Waals surface area (Å²) in [5.41, 5.74) is 1.37. The Kier molecular flexibility index (Phi) is 5.23. The zero-order valence-electron chi connectivity index (χ0n) is 12.2. The quantitative estimate of drug-likeness (QED) is 0.820. The summed E-state index contributed by atoms with van der Waals surface area (Å²) < 4.78 is 11.5. The number of hydrogen-bond acceptors (Lipinski definition) is 3. The lowest BCUT2D eigenvalue weighted by molar-refractivity contribution is -0.0884. The van der Waals surface area contributed by atoms with Crippen LogP contribution in [0.25, 0.3) is 0 Å². The molecule has 2 rings (SSSR count). The highest BCUT2D eigenvalue weighted by molar-refractivity contribution is 5.28. The van der Waals surface area contributed by atoms with E-state index in [4.69, 9.17) is 9.47 Å². The van der Waals surface area contributed by atoms with Crippen LogP contribution >= 0.6 is 0 Å². The molecule has 1 aliphatic rings. The topological polar surface area (TPSA) is 30.5 Å². The summed E-state index contributed by atoms with van der Waals surface area (Å²) >= 11 is 0. The molecule has 0 aliphatic heterocycles. The van der Waals surface area contributed by atoms with Crippen molar-refractivity contribution in [3.05, 3.63) is 29.8 Å². The average Bonchev–Trinajstić information content (AvgIpc) is 2.40. The standard InChI is InChI=1S/C16H25NO2/c1-4-6-12-7-9-13(10-8-12)19-15-11-14(17-5-2)16(15)18-3/h7-10,14-17H,4-6,11H2,1-3H3. The third-order valence-corrected chi connectivity index (χ3v) is 3.74. The Morgan fingerprint density at radius 1 is 1.21 bits per heavy atom. The van der Waals surface area contributed by atoms with E-state index < -0.39 is 0 Å². The Bertz CT molecular complexity index is 377. The van der Waals surface area contributed by atoms with Gasteiger partial charge in [-0.05, 0) is 30.7 Å². The maximum absolute atomic E-state index is 6.00. The molecule has 1 fully saturated rings. The minimum Gasteiger partial charge on any atom is -0.488 e. The van der Waals surface area contributed by atoms with Gasteiger partial charge >= 0.3 is 0 Å². The minimum atomic E-state index is 0.162. The number of rotatable bonds is 7. The summed E-state index contributed by atoms with van der Waals surface area (Å²) in [6, 6.07) is 8.87. The highest BCUT2D eigenvalue weighted by Crippen LogP contribution is 2.28. The third kappa shape index (κ3) is 3.48. The van der Waals surface area contributed by atoms with Crippen molar-refractivity contribution >= 4 is 0 Å². The van der Waals surface area contributed by atoms with Gasteiger partial charge in [0.15, 0.2) is 0 Å². The van der Waals surface area contributed by atoms with Crippen LogP contribution in [0.15, 0.2) is 24.3 Å². The number of hydrogen-bond donors (Lipinski definition) is 1. The number of ether oxygens (including phenoxy) is 2. The van der Waals surface area contributed by atoms with Crippen LogP contribution in [-0.2, 0) is 11.2 Å². The summed E-state index contributed by atoms with van der Waals surface area (Å²) in [6.45, 7) is 5.29. The molecular weight excluding hydrogens is 238 g/mol. The highest BCUT2D eigenvalue weighted by Gasteiger charge is 2.42. The maximum Gasteiger partial charge on any atom is 0.128 e. The highest BCUT2D eigenvalue weighted by atomic mass is 16.5. The van der Waals surface area contributed by atoms with Crippen LogP contribution in [0.1, 0.15) is 32.3 Å². The second kappa shape index (κ2) is 6.92. The van der Waals surface area contributed by atoms with Crippen molar-refractivity contribution in [3.8, 4) is 5.75 Å². The number of aryl methyl sites for hydroxylation is 1. The van der Waals surface area contributed by atoms with Gasteiger partial charge in [0.25, 0.3) is 0 Å². The summed E-state index contributed by atoms with van der Waals surface area (Å²) in [7, 11) is 1.76. The van der Waals surface area contributed by atoms with Crippen molar-refractivity contribution in [2.75, 3.05) is 13.7 Å². The van der Waals surface area contributed by atoms with Gasteiger partial charge in [-0.3, -0.25) is 0 Å². The first kappa shape index (κ1) is 14.4. The van der Waals surface area contributed by atoms with Gasteiger partial charge in [-0.15, -0.1) is 0 Å². The van der Waals surface area contributed by atoms with Gasteiger partial charge < -0.3 is 14.8 Å². The Morgan fingerprint density at radius 3 is 2.53 bits per heavy atom. The molecule has 3 atom stereocenters. The number of methoxy groups -OCH3 is 1. The fraction of sp³-hybridized carbons (Fsp3) is 0.625. The van der Waals surface area contributed by atoms with Crippen LogP contribution in [0.4, 0.5) is 0 Å². The van der Waals surface area contributed by atoms with Crippen LogP contribution in [0.3, 0.4) is 0 Å². The molecule has 0 amide bonds. The lowest BCUT2D eigenvalue weighted by Crippen LogP contribution is -2.60. The predicted molar refractivity (Wildman–Crippen MR) is 77.7 cm³/mol. The molecule has 106 valence electrons. The van der Waals surface area contributed by atoms with Crippen LogP contribution in [0, 0.1) is 0 Å². The number of benzene rings is 1. The third-order valence-electron chi connectivity index (χ3n) is 3.74. The first-order valence-corrected chi connectivity index (χ1v) is 7.30. The van der Waals surface area contributed by atoms with E-state index in [2.05, 4.69) is 43.4 Å². The first-order chi connectivity index (χ1) is 9.28. The molecule has 19 heavy (non-hydrogen) atoms. The molecule has 1 N–H and O–H groups in total. The lowest BCUT2D eigenvalue weighted by atomic mass is 9.85. The van der Waals surface area contributed by atoms with Gasteiger partial charge in [-0.2, -0.15) is 0 Å². The molecular formula is C16H25NO2. The Hall–Kier alpha value is -1.06. The first-order valence-electron chi connectivity index (χ1n) is 7.30. The summed E-state index contributed by atoms with van der Waals surface area (Å²) in [4.78, 5) is 0. The van der Waals surface area contributed by atoms with Gasteiger partial charge in [-0.1, -0.05) is 32.4 Å². The molecule has 3 heteroatoms. The smallest absolute Gasteiger partial charge is 0.128 e. The second-order valence-electron chi connectivity index (χ2n) is 5.15. The molecule has 3 unspecified atom stereocenters. The van der Waals surface area contributed by atoms with E-state index in [-0.39, 0.29) is 12.2 Å². The molecule has 1 saturated carbocycles. The molecule has 0 radical (unpaired) electrons. The molecule has 0 spiro atoms. The van der Waals surface area contributed by atoms with Gasteiger partial charge in [0.2, 0.25) is 0 Å². The van der Waals surface area contributed by atoms with E-state index in [0.717, 1.165) is 25.1 Å². The van der Waals surface area contributed by atoms with E-state index >= 15 is 0 Å². The zero-order valence-corrected chi connectivity index (χ0v) is 12.2. The fourth-order valence-corrected chi connectivity index (χ4v) is 2.67. The van der Waals surface area contributed by atoms with E-state index in [1.807, 2.05) is 0 Å². The van der Waals surface area contributed by atoms with Crippen LogP contribution in [0.5, 0.6) is 5.75 Å². The second-order valence-corrected chi connectivity index (χ2v) is 5.15. The normalized spacial score (nSPS) is 25.9. The summed E-state index contributed by atoms with van der Waals surface area (Å²) in [6.07, 6.45) is 3.66. The number of likely N-dealkylation sites (N-methyl/N-ethyl adjacent to an activating group) is 1. The van der Waals surface area contributed by atoms with Gasteiger partial charge in [-0.25, -0.2) is 0 Å². The van der Waals surface area contributed by atoms with Crippen LogP contribution < -0.4 is 10.1 Å². The Balaban J connectivity index is 1.87. The molecule has 0 bridgehead atoms. The van der Waals surface area contributed by atoms with Crippen molar-refractivity contribution in [2.24, 2.45) is 0 Å². The van der Waals surface area contributed by atoms with Gasteiger partial charge in [0, 0.05) is 19.6 Å². The predicted octanol–water partition coefficient (Wildman–Crippen LogP) is 2.78. The molecule has 0 saturated heterocycles. The van der Waals surface area contributed by atoms with E-state index in [1.165, 1.54) is 12.0 Å². The van der Waals surface area contributed by atoms with Crippen molar-refractivity contribution in [3.63, 3.8) is 0 Å². The van der Waals surface area contributed by atoms with Gasteiger partial charge in [0.05, 0.1) is 0 Å². The van der Waals surface area contributed by atoms with Crippen LogP contribution in [-0.4, -0.2) is 31.9 Å². The van der Waals surface area contributed by atoms with E-state index in [9.17, 15) is 0 Å². The molecule has 1 aliphatic carbocycles. The largest absolute Gasteiger partial charge is 0.488 e. The molecule has 0 heterocycles. The van der Waals surface area contributed by atoms with Crippen LogP contribution in [0.2, 0.25) is 0 Å². The SMILES string of the molecule is CCCc1ccc(OC2CC(NCC)C2OC)cc1. The van der Waals surface area contributed by atoms with Crippen molar-refractivity contribution in [2.45, 2.75) is 51.4 Å². The van der Waals surface area contributed by atoms with Crippen molar-refractivity contribution in [1.82, 2.24) is 5.32 Å². The molecule has 1 aromatic carbocycles. The number of nitrogens with one attached hydrogen (secondary N) is 1. The van der Waals surface area contributed by atoms with E-state index in [0.29, 0.717) is 6.04 Å². The Morgan fingerprint density at radius 2 is 1.95 bits per heavy atom. The maximum atomic E-state index is 6.00. The summed E-state index contributed by atoms with van der Waals surface area (Å²) in [5, 5.41) is 3.42. The molecule has 0 aromatic heterocycles. The average molecular weight is 263 g/mol. The van der Waals surface area contributed by atoms with Crippen molar-refractivity contribution < 1.29 is 9.47 Å². The van der Waals surface area contributed by atoms with Gasteiger partial charge in [0.1, 0.15) is 18.0 Å². The fourth-order valence-electron chi connectivity index (χ4n) is 2.67. The molecule has 3 nitrogen and oxygen atoms in total. The molecule has 1 aromatic rings. The zero-order chi connectivity index (χ0) is 13.7. The lowest BCUT2D eigenvalue weighted by Gasteiger charge is -2.43. The van der Waals surface area contributed by atoms with E-state index in [1.54, 1.807) is 7.11 Å².